The van der Waals surface area contributed by atoms with Crippen molar-refractivity contribution in [3.63, 3.8) is 0 Å². The van der Waals surface area contributed by atoms with Crippen molar-refractivity contribution in [1.29, 1.82) is 5.41 Å². The molecule has 1 heterocycles. The van der Waals surface area contributed by atoms with E-state index in [1.165, 1.54) is 0 Å². The summed E-state index contributed by atoms with van der Waals surface area (Å²) in [6.07, 6.45) is 0.243. The van der Waals surface area contributed by atoms with Gasteiger partial charge < -0.3 is 15.4 Å². The molecule has 0 saturated carbocycles. The third kappa shape index (κ3) is 2.67. The second-order valence-corrected chi connectivity index (χ2v) is 5.58. The second kappa shape index (κ2) is 5.28. The molecule has 1 aliphatic heterocycles. The number of amidine groups is 1. The van der Waals surface area contributed by atoms with Gasteiger partial charge in [0.2, 0.25) is 0 Å². The first-order chi connectivity index (χ1) is 8.49. The average Bonchev–Trinajstić information content (AvgIpc) is 2.31. The van der Waals surface area contributed by atoms with E-state index in [4.69, 9.17) is 15.9 Å². The number of hydrogen-bond donors (Lipinski definition) is 2. The molecule has 4 nitrogen and oxygen atoms in total. The molecule has 1 fully saturated rings. The van der Waals surface area contributed by atoms with Crippen molar-refractivity contribution in [3.05, 3.63) is 28.2 Å². The summed E-state index contributed by atoms with van der Waals surface area (Å²) < 4.78 is 6.49. The molecule has 0 bridgehead atoms. The molecule has 3 N–H and O–H groups in total. The molecular formula is C13H18BrN3O. The summed E-state index contributed by atoms with van der Waals surface area (Å²) in [5.74, 6) is 0.0804. The Morgan fingerprint density at radius 3 is 2.83 bits per heavy atom. The number of benzene rings is 1. The average molecular weight is 312 g/mol. The van der Waals surface area contributed by atoms with Gasteiger partial charge in [0.1, 0.15) is 5.84 Å². The largest absolute Gasteiger partial charge is 0.384 e. The molecule has 98 valence electrons. The number of ether oxygens (including phenoxy) is 1. The van der Waals surface area contributed by atoms with Gasteiger partial charge in [0.15, 0.2) is 0 Å². The third-order valence-electron chi connectivity index (χ3n) is 3.18. The van der Waals surface area contributed by atoms with Crippen molar-refractivity contribution >= 4 is 27.5 Å². The number of nitrogens with two attached hydrogens (primary N) is 1. The topological polar surface area (TPSA) is 62.3 Å². The van der Waals surface area contributed by atoms with Crippen LogP contribution in [-0.2, 0) is 4.74 Å². The minimum absolute atomic E-state index is 0.0804. The van der Waals surface area contributed by atoms with Crippen LogP contribution in [0.1, 0.15) is 19.4 Å². The first-order valence-electron chi connectivity index (χ1n) is 6.01. The quantitative estimate of drug-likeness (QED) is 0.651. The Balaban J connectivity index is 2.28. The molecule has 18 heavy (non-hydrogen) atoms. The number of morpholine rings is 1. The molecule has 0 amide bonds. The normalized spacial score (nSPS) is 24.1. The number of nitrogen functional groups attached to an aromatic ring is 1. The van der Waals surface area contributed by atoms with Crippen LogP contribution < -0.4 is 10.6 Å². The SMILES string of the molecule is CC1CN(c2ccc(C(=N)N)c(Br)c2)C(C)CO1. The van der Waals surface area contributed by atoms with E-state index in [0.29, 0.717) is 6.04 Å². The lowest BCUT2D eigenvalue weighted by Crippen LogP contribution is -2.47. The molecule has 1 aromatic rings. The lowest BCUT2D eigenvalue weighted by atomic mass is 10.1. The Kier molecular flexibility index (Phi) is 3.92. The second-order valence-electron chi connectivity index (χ2n) is 4.72. The van der Waals surface area contributed by atoms with Crippen molar-refractivity contribution in [2.45, 2.75) is 26.0 Å². The van der Waals surface area contributed by atoms with Crippen molar-refractivity contribution in [2.75, 3.05) is 18.1 Å². The summed E-state index contributed by atoms with van der Waals surface area (Å²) in [6.45, 7) is 5.86. The van der Waals surface area contributed by atoms with Gasteiger partial charge in [-0.2, -0.15) is 0 Å². The van der Waals surface area contributed by atoms with E-state index in [9.17, 15) is 0 Å². The number of hydrogen-bond acceptors (Lipinski definition) is 3. The molecule has 2 rings (SSSR count). The maximum atomic E-state index is 7.48. The summed E-state index contributed by atoms with van der Waals surface area (Å²) in [6, 6.07) is 6.27. The van der Waals surface area contributed by atoms with E-state index in [1.807, 2.05) is 18.2 Å². The van der Waals surface area contributed by atoms with Gasteiger partial charge in [0.05, 0.1) is 12.7 Å². The van der Waals surface area contributed by atoms with E-state index < -0.39 is 0 Å². The summed E-state index contributed by atoms with van der Waals surface area (Å²) in [5, 5.41) is 7.48. The highest BCUT2D eigenvalue weighted by Crippen LogP contribution is 2.27. The van der Waals surface area contributed by atoms with Crippen molar-refractivity contribution in [2.24, 2.45) is 5.73 Å². The lowest BCUT2D eigenvalue weighted by Gasteiger charge is -2.38. The summed E-state index contributed by atoms with van der Waals surface area (Å²) in [5.41, 5.74) is 7.38. The van der Waals surface area contributed by atoms with Crippen LogP contribution in [0, 0.1) is 5.41 Å². The Bertz CT molecular complexity index is 464. The fourth-order valence-corrected chi connectivity index (χ4v) is 2.74. The van der Waals surface area contributed by atoms with Gasteiger partial charge in [-0.1, -0.05) is 0 Å². The van der Waals surface area contributed by atoms with Crippen molar-refractivity contribution < 1.29 is 4.74 Å². The standard InChI is InChI=1S/C13H18BrN3O/c1-8-7-18-9(2)6-17(8)10-3-4-11(13(15)16)12(14)5-10/h3-5,8-9H,6-7H2,1-2H3,(H3,15,16). The number of nitrogens with zero attached hydrogens (tertiary/aromatic N) is 1. The molecule has 0 aliphatic carbocycles. The fourth-order valence-electron chi connectivity index (χ4n) is 2.16. The zero-order chi connectivity index (χ0) is 13.3. The van der Waals surface area contributed by atoms with Gasteiger partial charge in [-0.3, -0.25) is 5.41 Å². The minimum Gasteiger partial charge on any atom is -0.384 e. The monoisotopic (exact) mass is 311 g/mol. The van der Waals surface area contributed by atoms with E-state index >= 15 is 0 Å². The van der Waals surface area contributed by atoms with E-state index in [-0.39, 0.29) is 11.9 Å². The number of nitrogens with one attached hydrogen (secondary N) is 1. The molecule has 5 heteroatoms. The van der Waals surface area contributed by atoms with Crippen LogP contribution in [0.4, 0.5) is 5.69 Å². The van der Waals surface area contributed by atoms with Gasteiger partial charge in [-0.05, 0) is 48.0 Å². The summed E-state index contributed by atoms with van der Waals surface area (Å²) >= 11 is 3.47. The highest BCUT2D eigenvalue weighted by Gasteiger charge is 2.24. The third-order valence-corrected chi connectivity index (χ3v) is 3.84. The molecule has 1 aliphatic rings. The van der Waals surface area contributed by atoms with Crippen LogP contribution in [-0.4, -0.2) is 31.1 Å². The van der Waals surface area contributed by atoms with Gasteiger partial charge in [-0.25, -0.2) is 0 Å². The molecule has 0 spiro atoms. The number of halogens is 1. The molecule has 0 radical (unpaired) electrons. The van der Waals surface area contributed by atoms with Crippen molar-refractivity contribution in [3.8, 4) is 0 Å². The van der Waals surface area contributed by atoms with Crippen LogP contribution in [0.25, 0.3) is 0 Å². The Morgan fingerprint density at radius 1 is 1.50 bits per heavy atom. The number of rotatable bonds is 2. The molecular weight excluding hydrogens is 294 g/mol. The summed E-state index contributed by atoms with van der Waals surface area (Å²) in [4.78, 5) is 2.32. The van der Waals surface area contributed by atoms with Gasteiger partial charge in [0.25, 0.3) is 0 Å². The van der Waals surface area contributed by atoms with Gasteiger partial charge in [0, 0.05) is 28.3 Å². The number of anilines is 1. The molecule has 0 aromatic heterocycles. The predicted octanol–water partition coefficient (Wildman–Crippen LogP) is 2.35. The molecule has 2 unspecified atom stereocenters. The van der Waals surface area contributed by atoms with Gasteiger partial charge in [-0.15, -0.1) is 0 Å². The lowest BCUT2D eigenvalue weighted by molar-refractivity contribution is 0.0344. The molecule has 2 atom stereocenters. The van der Waals surface area contributed by atoms with Crippen LogP contribution >= 0.6 is 15.9 Å². The molecule has 1 saturated heterocycles. The van der Waals surface area contributed by atoms with Crippen LogP contribution in [0.5, 0.6) is 0 Å². The zero-order valence-corrected chi connectivity index (χ0v) is 12.2. The maximum absolute atomic E-state index is 7.48. The summed E-state index contributed by atoms with van der Waals surface area (Å²) in [7, 11) is 0. The Hall–Kier alpha value is -1.07. The highest BCUT2D eigenvalue weighted by atomic mass is 79.9. The van der Waals surface area contributed by atoms with E-state index in [1.54, 1.807) is 0 Å². The zero-order valence-electron chi connectivity index (χ0n) is 10.6. The van der Waals surface area contributed by atoms with Crippen LogP contribution in [0.2, 0.25) is 0 Å². The van der Waals surface area contributed by atoms with Crippen LogP contribution in [0.15, 0.2) is 22.7 Å². The molecule has 1 aromatic carbocycles. The van der Waals surface area contributed by atoms with Crippen molar-refractivity contribution in [1.82, 2.24) is 0 Å². The smallest absolute Gasteiger partial charge is 0.123 e. The maximum Gasteiger partial charge on any atom is 0.123 e. The van der Waals surface area contributed by atoms with E-state index in [2.05, 4.69) is 34.7 Å². The van der Waals surface area contributed by atoms with E-state index in [0.717, 1.165) is 28.9 Å². The Labute approximate surface area is 116 Å². The predicted molar refractivity (Wildman–Crippen MR) is 77.4 cm³/mol. The minimum atomic E-state index is 0.0804. The highest BCUT2D eigenvalue weighted by molar-refractivity contribution is 9.10. The first kappa shape index (κ1) is 13.4. The Morgan fingerprint density at radius 2 is 2.22 bits per heavy atom. The fraction of sp³-hybridized carbons (Fsp3) is 0.462. The first-order valence-corrected chi connectivity index (χ1v) is 6.80. The van der Waals surface area contributed by atoms with Crippen LogP contribution in [0.3, 0.4) is 0 Å². The van der Waals surface area contributed by atoms with Gasteiger partial charge >= 0.3 is 0 Å².